The lowest BCUT2D eigenvalue weighted by atomic mass is 10.1. The Hall–Kier alpha value is -2.42. The summed E-state index contributed by atoms with van der Waals surface area (Å²) in [6.07, 6.45) is 0. The van der Waals surface area contributed by atoms with Gasteiger partial charge in [-0.3, -0.25) is 14.2 Å². The summed E-state index contributed by atoms with van der Waals surface area (Å²) in [6.45, 7) is 0.821. The zero-order chi connectivity index (χ0) is 19.4. The lowest BCUT2D eigenvalue weighted by molar-refractivity contribution is -0.110. The normalized spacial score (nSPS) is 17.1. The molecule has 28 heavy (non-hydrogen) atoms. The van der Waals surface area contributed by atoms with Crippen LogP contribution in [0.2, 0.25) is 5.02 Å². The van der Waals surface area contributed by atoms with Crippen LogP contribution in [0.15, 0.2) is 56.7 Å². The van der Waals surface area contributed by atoms with Crippen LogP contribution in [0, 0.1) is 0 Å². The maximum absolute atomic E-state index is 13.1. The van der Waals surface area contributed by atoms with E-state index in [0.29, 0.717) is 44.5 Å². The summed E-state index contributed by atoms with van der Waals surface area (Å²) in [5.41, 5.74) is 2.41. The van der Waals surface area contributed by atoms with Crippen molar-refractivity contribution in [3.05, 3.63) is 77.2 Å². The van der Waals surface area contributed by atoms with Crippen LogP contribution in [0.25, 0.3) is 5.57 Å². The molecule has 1 amide bonds. The Morgan fingerprint density at radius 2 is 2.04 bits per heavy atom. The van der Waals surface area contributed by atoms with Crippen molar-refractivity contribution in [2.75, 3.05) is 16.9 Å². The second kappa shape index (κ2) is 6.58. The number of aromatic nitrogens is 1. The molecule has 3 aromatic rings. The molecule has 1 N–H and O–H groups in total. The third-order valence-electron chi connectivity index (χ3n) is 4.68. The molecular weight excluding hydrogens is 464 g/mol. The predicted octanol–water partition coefficient (Wildman–Crippen LogP) is 2.53. The minimum absolute atomic E-state index is 0.221. The van der Waals surface area contributed by atoms with Crippen molar-refractivity contribution in [2.45, 2.75) is 6.67 Å². The number of halogens is 2. The maximum atomic E-state index is 13.1. The van der Waals surface area contributed by atoms with Crippen LogP contribution in [-0.2, 0) is 11.5 Å². The highest BCUT2D eigenvalue weighted by molar-refractivity contribution is 9.10. The van der Waals surface area contributed by atoms with Crippen LogP contribution in [0.3, 0.4) is 0 Å². The third-order valence-corrected chi connectivity index (χ3v) is 6.52. The molecule has 0 aliphatic carbocycles. The first-order valence-electron chi connectivity index (χ1n) is 8.41. The minimum atomic E-state index is -0.294. The van der Waals surface area contributed by atoms with E-state index in [1.54, 1.807) is 22.8 Å². The highest BCUT2D eigenvalue weighted by Gasteiger charge is 2.28. The molecule has 1 aromatic heterocycles. The lowest BCUT2D eigenvalue weighted by Gasteiger charge is -2.25. The summed E-state index contributed by atoms with van der Waals surface area (Å²) in [5, 5.41) is 3.31. The molecule has 9 heteroatoms. The van der Waals surface area contributed by atoms with Crippen LogP contribution in [0.5, 0.6) is 0 Å². The number of nitrogens with one attached hydrogen (secondary N) is 1. The number of benzene rings is 2. The van der Waals surface area contributed by atoms with Gasteiger partial charge < -0.3 is 10.2 Å². The van der Waals surface area contributed by atoms with Crippen molar-refractivity contribution >= 4 is 61.7 Å². The van der Waals surface area contributed by atoms with Crippen molar-refractivity contribution < 1.29 is 4.79 Å². The van der Waals surface area contributed by atoms with Crippen molar-refractivity contribution in [2.24, 2.45) is 4.99 Å². The van der Waals surface area contributed by atoms with Gasteiger partial charge in [0.05, 0.1) is 5.57 Å². The van der Waals surface area contributed by atoms with Crippen LogP contribution in [0.4, 0.5) is 11.4 Å². The average Bonchev–Trinajstić information content (AvgIpc) is 3.17. The lowest BCUT2D eigenvalue weighted by Crippen LogP contribution is -2.43. The van der Waals surface area contributed by atoms with Crippen LogP contribution in [0.1, 0.15) is 5.56 Å². The second-order valence-electron chi connectivity index (χ2n) is 6.43. The van der Waals surface area contributed by atoms with E-state index in [1.807, 2.05) is 29.2 Å². The molecule has 0 fully saturated rings. The Balaban J connectivity index is 1.66. The molecule has 140 valence electrons. The molecule has 2 aromatic carbocycles. The molecule has 0 spiro atoms. The minimum Gasteiger partial charge on any atom is -0.334 e. The number of hydrogen-bond donors (Lipinski definition) is 1. The van der Waals surface area contributed by atoms with Gasteiger partial charge in [0.15, 0.2) is 4.80 Å². The topological polar surface area (TPSA) is 66.7 Å². The average molecular weight is 476 g/mol. The van der Waals surface area contributed by atoms with Gasteiger partial charge in [-0.2, -0.15) is 0 Å². The number of nitrogens with zero attached hydrogens (tertiary/aromatic N) is 3. The third kappa shape index (κ3) is 2.80. The summed E-state index contributed by atoms with van der Waals surface area (Å²) >= 11 is 10.8. The number of carbonyl (C=O) groups excluding carboxylic acids is 1. The molecule has 0 saturated carbocycles. The number of thiazole rings is 1. The van der Waals surface area contributed by atoms with Gasteiger partial charge in [-0.05, 0) is 36.4 Å². The Morgan fingerprint density at radius 1 is 1.18 bits per heavy atom. The first-order chi connectivity index (χ1) is 13.5. The summed E-state index contributed by atoms with van der Waals surface area (Å²) < 4.78 is 2.95. The van der Waals surface area contributed by atoms with Crippen molar-refractivity contribution in [3.8, 4) is 0 Å². The van der Waals surface area contributed by atoms with Gasteiger partial charge in [-0.1, -0.05) is 44.9 Å². The Kier molecular flexibility index (Phi) is 4.15. The van der Waals surface area contributed by atoms with E-state index in [0.717, 1.165) is 10.2 Å². The number of rotatable bonds is 1. The summed E-state index contributed by atoms with van der Waals surface area (Å²) in [7, 11) is 0. The van der Waals surface area contributed by atoms with Gasteiger partial charge in [-0.15, -0.1) is 0 Å². The number of amides is 1. The molecule has 0 saturated heterocycles. The number of carbonyl (C=O) groups is 1. The van der Waals surface area contributed by atoms with Crippen LogP contribution in [-0.4, -0.2) is 17.1 Å². The molecule has 0 atom stereocenters. The van der Waals surface area contributed by atoms with E-state index in [4.69, 9.17) is 11.6 Å². The molecule has 0 bridgehead atoms. The summed E-state index contributed by atoms with van der Waals surface area (Å²) in [6, 6.07) is 13.0. The molecule has 5 rings (SSSR count). The van der Waals surface area contributed by atoms with Gasteiger partial charge in [0.2, 0.25) is 0 Å². The van der Waals surface area contributed by atoms with Crippen LogP contribution < -0.4 is 25.1 Å². The Labute approximate surface area is 176 Å². The smallest absolute Gasteiger partial charge is 0.272 e. The highest BCUT2D eigenvalue weighted by atomic mass is 79.9. The predicted molar refractivity (Wildman–Crippen MR) is 113 cm³/mol. The Morgan fingerprint density at radius 3 is 2.86 bits per heavy atom. The van der Waals surface area contributed by atoms with Crippen molar-refractivity contribution in [3.63, 3.8) is 0 Å². The standard InChI is InChI=1S/C19H12BrClN4O2S/c20-10-2-1-3-12(6-10)24-8-22-19-25(9-24)18(27)16(28-19)15-13-7-11(21)4-5-14(13)23-17(15)26/h1-7H,8-9H2,(H,23,26)/b16-15-. The number of anilines is 2. The molecule has 0 unspecified atom stereocenters. The maximum Gasteiger partial charge on any atom is 0.272 e. The van der Waals surface area contributed by atoms with Gasteiger partial charge >= 0.3 is 0 Å². The van der Waals surface area contributed by atoms with E-state index in [2.05, 4.69) is 26.2 Å². The monoisotopic (exact) mass is 474 g/mol. The van der Waals surface area contributed by atoms with E-state index in [9.17, 15) is 9.59 Å². The van der Waals surface area contributed by atoms with Crippen molar-refractivity contribution in [1.82, 2.24) is 4.57 Å². The quantitative estimate of drug-likeness (QED) is 0.588. The molecular formula is C19H12BrClN4O2S. The fraction of sp³-hybridized carbons (Fsp3) is 0.105. The number of hydrogen-bond acceptors (Lipinski definition) is 5. The zero-order valence-electron chi connectivity index (χ0n) is 14.3. The van der Waals surface area contributed by atoms with Crippen molar-refractivity contribution in [1.29, 1.82) is 0 Å². The van der Waals surface area contributed by atoms with Gasteiger partial charge in [0.1, 0.15) is 17.9 Å². The molecule has 2 aliphatic heterocycles. The summed E-state index contributed by atoms with van der Waals surface area (Å²) in [5.74, 6) is -0.294. The molecule has 6 nitrogen and oxygen atoms in total. The largest absolute Gasteiger partial charge is 0.334 e. The van der Waals surface area contributed by atoms with E-state index >= 15 is 0 Å². The summed E-state index contributed by atoms with van der Waals surface area (Å²) in [4.78, 5) is 32.8. The second-order valence-corrected chi connectivity index (χ2v) is 8.76. The molecule has 0 radical (unpaired) electrons. The first-order valence-corrected chi connectivity index (χ1v) is 10.4. The number of fused-ring (bicyclic) bond motifs is 2. The van der Waals surface area contributed by atoms with Gasteiger partial charge in [-0.25, -0.2) is 4.99 Å². The van der Waals surface area contributed by atoms with E-state index in [-0.39, 0.29) is 11.5 Å². The highest BCUT2D eigenvalue weighted by Crippen LogP contribution is 2.32. The van der Waals surface area contributed by atoms with E-state index < -0.39 is 0 Å². The first kappa shape index (κ1) is 17.7. The van der Waals surface area contributed by atoms with Gasteiger partial charge in [0, 0.05) is 26.4 Å². The Bertz CT molecular complexity index is 1330. The fourth-order valence-electron chi connectivity index (χ4n) is 3.36. The van der Waals surface area contributed by atoms with Gasteiger partial charge in [0.25, 0.3) is 11.5 Å². The SMILES string of the molecule is O=C1Nc2ccc(Cl)cc2/C1=c1/sc2n(c1=O)CN(c1cccc(Br)c1)CN=2. The van der Waals surface area contributed by atoms with Crippen LogP contribution >= 0.6 is 38.9 Å². The molecule has 2 aliphatic rings. The fourth-order valence-corrected chi connectivity index (χ4v) is 4.98. The van der Waals surface area contributed by atoms with E-state index in [1.165, 1.54) is 11.3 Å². The molecule has 3 heterocycles. The zero-order valence-corrected chi connectivity index (χ0v) is 17.4.